The standard InChI is InChI=1S/C21H30N3O2.ClH/c1-4-5-14-24(3,15-13-22-20-8-6-7-18(2)16-20)17-19-9-11-21(12-10-19)23(25)26;/h6-12,16,22H,4-5,13-15,17H2,1-3H3;1H/q+1;/p-1. The number of nitrogens with one attached hydrogen (secondary N) is 1. The maximum Gasteiger partial charge on any atom is 0.269 e. The summed E-state index contributed by atoms with van der Waals surface area (Å²) < 4.78 is 0.921. The molecule has 27 heavy (non-hydrogen) atoms. The van der Waals surface area contributed by atoms with Gasteiger partial charge >= 0.3 is 0 Å². The van der Waals surface area contributed by atoms with Crippen LogP contribution >= 0.6 is 0 Å². The number of likely N-dealkylation sites (N-methyl/N-ethyl adjacent to an activating group) is 1. The SMILES string of the molecule is CCCC[N+](C)(CCNc1cccc(C)c1)Cc1ccc([N+](=O)[O-])cc1.[Cl-]. The van der Waals surface area contributed by atoms with Crippen molar-refractivity contribution in [2.24, 2.45) is 0 Å². The van der Waals surface area contributed by atoms with Gasteiger partial charge in [0.25, 0.3) is 5.69 Å². The summed E-state index contributed by atoms with van der Waals surface area (Å²) in [6, 6.07) is 15.4. The molecule has 0 radical (unpaired) electrons. The van der Waals surface area contributed by atoms with E-state index in [1.54, 1.807) is 12.1 Å². The summed E-state index contributed by atoms with van der Waals surface area (Å²) in [7, 11) is 2.27. The van der Waals surface area contributed by atoms with Crippen molar-refractivity contribution in [3.05, 3.63) is 69.8 Å². The first kappa shape index (κ1) is 22.9. The molecular formula is C21H30ClN3O2. The normalized spacial score (nSPS) is 12.7. The number of non-ortho nitro benzene ring substituents is 1. The van der Waals surface area contributed by atoms with E-state index in [0.29, 0.717) is 0 Å². The van der Waals surface area contributed by atoms with Crippen molar-refractivity contribution in [1.82, 2.24) is 0 Å². The van der Waals surface area contributed by atoms with Crippen LogP contribution in [0.25, 0.3) is 0 Å². The fraction of sp³-hybridized carbons (Fsp3) is 0.429. The molecule has 148 valence electrons. The van der Waals surface area contributed by atoms with Crippen LogP contribution in [0.3, 0.4) is 0 Å². The summed E-state index contributed by atoms with van der Waals surface area (Å²) in [5.41, 5.74) is 3.70. The zero-order valence-corrected chi connectivity index (χ0v) is 17.2. The summed E-state index contributed by atoms with van der Waals surface area (Å²) in [4.78, 5) is 10.5. The van der Waals surface area contributed by atoms with Crippen LogP contribution in [-0.4, -0.2) is 36.1 Å². The molecule has 2 aromatic rings. The Bertz CT molecular complexity index is 722. The van der Waals surface area contributed by atoms with Gasteiger partial charge in [0, 0.05) is 23.4 Å². The molecule has 0 bridgehead atoms. The number of quaternary nitrogens is 1. The zero-order valence-electron chi connectivity index (χ0n) is 16.5. The highest BCUT2D eigenvalue weighted by Crippen LogP contribution is 2.18. The predicted molar refractivity (Wildman–Crippen MR) is 107 cm³/mol. The molecule has 0 fully saturated rings. The maximum atomic E-state index is 10.8. The molecule has 0 aromatic heterocycles. The minimum Gasteiger partial charge on any atom is -1.00 e. The van der Waals surface area contributed by atoms with Crippen molar-refractivity contribution in [1.29, 1.82) is 0 Å². The molecule has 2 rings (SSSR count). The van der Waals surface area contributed by atoms with E-state index in [2.05, 4.69) is 50.5 Å². The van der Waals surface area contributed by atoms with E-state index in [1.165, 1.54) is 18.4 Å². The van der Waals surface area contributed by atoms with Gasteiger partial charge in [-0.15, -0.1) is 0 Å². The molecule has 1 atom stereocenters. The highest BCUT2D eigenvalue weighted by molar-refractivity contribution is 5.45. The van der Waals surface area contributed by atoms with Crippen LogP contribution < -0.4 is 17.7 Å². The first-order chi connectivity index (χ1) is 12.4. The van der Waals surface area contributed by atoms with Crippen molar-refractivity contribution in [3.8, 4) is 0 Å². The lowest BCUT2D eigenvalue weighted by molar-refractivity contribution is -0.921. The first-order valence-electron chi connectivity index (χ1n) is 9.29. The third-order valence-corrected chi connectivity index (χ3v) is 4.76. The van der Waals surface area contributed by atoms with Gasteiger partial charge in [0.1, 0.15) is 6.54 Å². The molecule has 0 heterocycles. The van der Waals surface area contributed by atoms with Gasteiger partial charge in [-0.3, -0.25) is 10.1 Å². The second-order valence-corrected chi connectivity index (χ2v) is 7.30. The van der Waals surface area contributed by atoms with E-state index < -0.39 is 0 Å². The van der Waals surface area contributed by atoms with Crippen LogP contribution in [0.1, 0.15) is 30.9 Å². The Morgan fingerprint density at radius 1 is 1.11 bits per heavy atom. The summed E-state index contributed by atoms with van der Waals surface area (Å²) in [6.45, 7) is 8.19. The molecule has 0 aliphatic carbocycles. The Morgan fingerprint density at radius 2 is 1.81 bits per heavy atom. The lowest BCUT2D eigenvalue weighted by Gasteiger charge is -2.35. The Kier molecular flexibility index (Phi) is 9.26. The number of hydrogen-bond acceptors (Lipinski definition) is 3. The maximum absolute atomic E-state index is 10.8. The molecule has 0 aliphatic rings. The summed E-state index contributed by atoms with van der Waals surface area (Å²) in [5.74, 6) is 0. The number of nitro benzene ring substituents is 1. The number of hydrogen-bond donors (Lipinski definition) is 1. The number of halogens is 1. The van der Waals surface area contributed by atoms with Crippen LogP contribution in [0, 0.1) is 17.0 Å². The molecular weight excluding hydrogens is 362 g/mol. The Hall–Kier alpha value is -2.11. The first-order valence-corrected chi connectivity index (χ1v) is 9.29. The van der Waals surface area contributed by atoms with Gasteiger partial charge in [-0.1, -0.05) is 25.5 Å². The highest BCUT2D eigenvalue weighted by atomic mass is 35.5. The van der Waals surface area contributed by atoms with Gasteiger partial charge in [-0.05, 0) is 43.2 Å². The number of nitrogens with zero attached hydrogens (tertiary/aromatic N) is 2. The van der Waals surface area contributed by atoms with Gasteiger partial charge in [-0.2, -0.15) is 0 Å². The third-order valence-electron chi connectivity index (χ3n) is 4.76. The number of anilines is 1. The van der Waals surface area contributed by atoms with E-state index in [9.17, 15) is 10.1 Å². The topological polar surface area (TPSA) is 55.2 Å². The van der Waals surface area contributed by atoms with Crippen LogP contribution in [0.4, 0.5) is 11.4 Å². The number of aryl methyl sites for hydroxylation is 1. The van der Waals surface area contributed by atoms with Gasteiger partial charge in [0.15, 0.2) is 0 Å². The molecule has 1 unspecified atom stereocenters. The van der Waals surface area contributed by atoms with Gasteiger partial charge in [-0.25, -0.2) is 0 Å². The van der Waals surface area contributed by atoms with E-state index in [0.717, 1.165) is 41.9 Å². The Labute approximate surface area is 168 Å². The second-order valence-electron chi connectivity index (χ2n) is 7.30. The molecule has 0 aliphatic heterocycles. The molecule has 5 nitrogen and oxygen atoms in total. The quantitative estimate of drug-likeness (QED) is 0.381. The Balaban J connectivity index is 0.00000364. The lowest BCUT2D eigenvalue weighted by Crippen LogP contribution is -3.00. The van der Waals surface area contributed by atoms with Crippen LogP contribution in [0.2, 0.25) is 0 Å². The van der Waals surface area contributed by atoms with Crippen molar-refractivity contribution in [2.45, 2.75) is 33.2 Å². The van der Waals surface area contributed by atoms with E-state index in [1.807, 2.05) is 12.1 Å². The lowest BCUT2D eigenvalue weighted by atomic mass is 10.1. The number of nitro groups is 1. The van der Waals surface area contributed by atoms with Crippen LogP contribution in [0.15, 0.2) is 48.5 Å². The van der Waals surface area contributed by atoms with Crippen molar-refractivity contribution >= 4 is 11.4 Å². The van der Waals surface area contributed by atoms with Gasteiger partial charge in [0.05, 0.1) is 31.6 Å². The van der Waals surface area contributed by atoms with Crippen molar-refractivity contribution < 1.29 is 21.8 Å². The smallest absolute Gasteiger partial charge is 0.269 e. The Morgan fingerprint density at radius 3 is 2.41 bits per heavy atom. The predicted octanol–water partition coefficient (Wildman–Crippen LogP) is 1.77. The van der Waals surface area contributed by atoms with E-state index >= 15 is 0 Å². The monoisotopic (exact) mass is 391 g/mol. The largest absolute Gasteiger partial charge is 1.00 e. The summed E-state index contributed by atoms with van der Waals surface area (Å²) in [6.07, 6.45) is 2.34. The third kappa shape index (κ3) is 7.57. The molecule has 2 aromatic carbocycles. The minimum atomic E-state index is -0.347. The van der Waals surface area contributed by atoms with Gasteiger partial charge < -0.3 is 22.2 Å². The fourth-order valence-corrected chi connectivity index (χ4v) is 3.20. The minimum absolute atomic E-state index is 0. The zero-order chi connectivity index (χ0) is 19.0. The van der Waals surface area contributed by atoms with Crippen molar-refractivity contribution in [2.75, 3.05) is 32.0 Å². The fourth-order valence-electron chi connectivity index (χ4n) is 3.20. The molecule has 0 amide bonds. The van der Waals surface area contributed by atoms with E-state index in [-0.39, 0.29) is 23.0 Å². The van der Waals surface area contributed by atoms with Crippen LogP contribution in [-0.2, 0) is 6.54 Å². The molecule has 0 saturated carbocycles. The van der Waals surface area contributed by atoms with Gasteiger partial charge in [0.2, 0.25) is 0 Å². The summed E-state index contributed by atoms with van der Waals surface area (Å²) >= 11 is 0. The molecule has 0 spiro atoms. The molecule has 0 saturated heterocycles. The second kappa shape index (κ2) is 10.9. The molecule has 1 N–H and O–H groups in total. The number of rotatable bonds is 10. The van der Waals surface area contributed by atoms with Crippen molar-refractivity contribution in [3.63, 3.8) is 0 Å². The highest BCUT2D eigenvalue weighted by Gasteiger charge is 2.21. The number of benzene rings is 2. The number of unbranched alkanes of at least 4 members (excludes halogenated alkanes) is 1. The van der Waals surface area contributed by atoms with Crippen LogP contribution in [0.5, 0.6) is 0 Å². The average Bonchev–Trinajstić information content (AvgIpc) is 2.60. The molecule has 6 heteroatoms. The summed E-state index contributed by atoms with van der Waals surface area (Å²) in [5, 5.41) is 14.4. The van der Waals surface area contributed by atoms with E-state index in [4.69, 9.17) is 0 Å². The average molecular weight is 392 g/mol.